The molecule has 8 nitrogen and oxygen atoms in total. The second-order valence-corrected chi connectivity index (χ2v) is 6.14. The van der Waals surface area contributed by atoms with Crippen molar-refractivity contribution < 1.29 is 32.7 Å². The number of terminal acetylenes is 1. The molecule has 2 heterocycles. The summed E-state index contributed by atoms with van der Waals surface area (Å²) in [6, 6.07) is -1.22. The predicted octanol–water partition coefficient (Wildman–Crippen LogP) is -0.294. The van der Waals surface area contributed by atoms with E-state index in [2.05, 4.69) is 22.6 Å². The van der Waals surface area contributed by atoms with Gasteiger partial charge in [0.2, 0.25) is 5.85 Å². The van der Waals surface area contributed by atoms with Crippen molar-refractivity contribution in [3.8, 4) is 12.3 Å². The summed E-state index contributed by atoms with van der Waals surface area (Å²) in [6.45, 7) is 3.27. The van der Waals surface area contributed by atoms with E-state index >= 15 is 4.39 Å². The van der Waals surface area contributed by atoms with E-state index in [4.69, 9.17) is 21.0 Å². The van der Waals surface area contributed by atoms with Crippen molar-refractivity contribution >= 4 is 11.9 Å². The minimum Gasteiger partial charge on any atom is -0.458 e. The fourth-order valence-corrected chi connectivity index (χ4v) is 2.17. The SMILES string of the molecule is [2H]C([2H])(OC(=O)[C@@H](N)C(C)C)[C@]1(F)C[C@@H](O)[C@]([2H])(N2C=C(C#C)C(=O)NC2=C)O1. The number of alkyl halides is 1. The van der Waals surface area contributed by atoms with Crippen LogP contribution >= 0.6 is 0 Å². The Bertz CT molecular complexity index is 815. The number of esters is 1. The van der Waals surface area contributed by atoms with Gasteiger partial charge in [-0.15, -0.1) is 6.42 Å². The number of nitrogens with one attached hydrogen (secondary N) is 1. The summed E-state index contributed by atoms with van der Waals surface area (Å²) in [5.74, 6) is -3.95. The van der Waals surface area contributed by atoms with E-state index in [0.29, 0.717) is 0 Å². The van der Waals surface area contributed by atoms with Crippen LogP contribution in [-0.4, -0.2) is 52.6 Å². The minimum atomic E-state index is -3.41. The van der Waals surface area contributed by atoms with Crippen LogP contribution < -0.4 is 11.1 Å². The lowest BCUT2D eigenvalue weighted by atomic mass is 10.1. The van der Waals surface area contributed by atoms with E-state index in [1.807, 2.05) is 0 Å². The molecule has 1 fully saturated rings. The predicted molar refractivity (Wildman–Crippen MR) is 89.1 cm³/mol. The molecule has 142 valence electrons. The molecule has 4 atom stereocenters. The zero-order chi connectivity index (χ0) is 22.4. The number of carbonyl (C=O) groups is 2. The number of rotatable bonds is 5. The summed E-state index contributed by atoms with van der Waals surface area (Å²) >= 11 is 0. The molecule has 2 aliphatic rings. The molecular formula is C17H22FN3O5. The van der Waals surface area contributed by atoms with Gasteiger partial charge in [-0.2, -0.15) is 0 Å². The van der Waals surface area contributed by atoms with Crippen LogP contribution in [0.4, 0.5) is 4.39 Å². The van der Waals surface area contributed by atoms with Gasteiger partial charge in [0.05, 0.1) is 4.11 Å². The van der Waals surface area contributed by atoms with Gasteiger partial charge >= 0.3 is 5.97 Å². The Labute approximate surface area is 155 Å². The smallest absolute Gasteiger partial charge is 0.323 e. The largest absolute Gasteiger partial charge is 0.458 e. The average molecular weight is 370 g/mol. The highest BCUT2D eigenvalue weighted by Gasteiger charge is 2.50. The molecule has 0 bridgehead atoms. The quantitative estimate of drug-likeness (QED) is 0.450. The molecule has 0 aromatic heterocycles. The Morgan fingerprint density at radius 2 is 2.50 bits per heavy atom. The number of hydrogen-bond donors (Lipinski definition) is 3. The Morgan fingerprint density at radius 1 is 1.85 bits per heavy atom. The number of aliphatic hydroxyl groups excluding tert-OH is 1. The zero-order valence-electron chi connectivity index (χ0n) is 17.3. The van der Waals surface area contributed by atoms with Crippen molar-refractivity contribution in [2.45, 2.75) is 44.5 Å². The number of carbonyl (C=O) groups excluding carboxylic acids is 2. The molecule has 26 heavy (non-hydrogen) atoms. The Balaban J connectivity index is 2.34. The topological polar surface area (TPSA) is 114 Å². The molecule has 1 saturated heterocycles. The number of halogens is 1. The molecule has 0 saturated carbocycles. The van der Waals surface area contributed by atoms with Crippen molar-refractivity contribution in [3.63, 3.8) is 0 Å². The van der Waals surface area contributed by atoms with Crippen LogP contribution in [0.15, 0.2) is 24.2 Å². The van der Waals surface area contributed by atoms with Crippen LogP contribution in [0.2, 0.25) is 0 Å². The number of nitrogens with two attached hydrogens (primary N) is 1. The first kappa shape index (κ1) is 15.8. The maximum atomic E-state index is 15.4. The molecule has 0 radical (unpaired) electrons. The molecular weight excluding hydrogens is 345 g/mol. The van der Waals surface area contributed by atoms with Crippen molar-refractivity contribution in [1.29, 1.82) is 0 Å². The fraction of sp³-hybridized carbons (Fsp3) is 0.529. The highest BCUT2D eigenvalue weighted by Crippen LogP contribution is 2.36. The van der Waals surface area contributed by atoms with E-state index < -0.39 is 55.0 Å². The van der Waals surface area contributed by atoms with Crippen LogP contribution in [0.5, 0.6) is 0 Å². The molecule has 4 N–H and O–H groups in total. The molecule has 1 amide bonds. The Kier molecular flexibility index (Phi) is 4.53. The number of hydrogen-bond acceptors (Lipinski definition) is 7. The molecule has 0 unspecified atom stereocenters. The van der Waals surface area contributed by atoms with E-state index in [-0.39, 0.29) is 11.4 Å². The third-order valence-corrected chi connectivity index (χ3v) is 3.75. The van der Waals surface area contributed by atoms with Gasteiger partial charge in [0.25, 0.3) is 5.91 Å². The summed E-state index contributed by atoms with van der Waals surface area (Å²) < 4.78 is 49.0. The van der Waals surface area contributed by atoms with Gasteiger partial charge in [0, 0.05) is 12.6 Å². The van der Waals surface area contributed by atoms with Crippen molar-refractivity contribution in [2.75, 3.05) is 6.56 Å². The van der Waals surface area contributed by atoms with Crippen LogP contribution in [-0.2, 0) is 19.1 Å². The Hall–Kier alpha value is -2.41. The summed E-state index contributed by atoms with van der Waals surface area (Å²) in [7, 11) is 0. The number of aliphatic hydroxyl groups is 1. The lowest BCUT2D eigenvalue weighted by Gasteiger charge is -2.33. The van der Waals surface area contributed by atoms with Crippen molar-refractivity contribution in [3.05, 3.63) is 24.2 Å². The van der Waals surface area contributed by atoms with Gasteiger partial charge in [0.1, 0.15) is 23.5 Å². The van der Waals surface area contributed by atoms with Gasteiger partial charge in [-0.1, -0.05) is 26.3 Å². The van der Waals surface area contributed by atoms with Crippen molar-refractivity contribution in [1.82, 2.24) is 10.2 Å². The third-order valence-electron chi connectivity index (χ3n) is 3.75. The average Bonchev–Trinajstić information content (AvgIpc) is 2.84. The molecule has 2 rings (SSSR count). The second-order valence-electron chi connectivity index (χ2n) is 6.14. The highest BCUT2D eigenvalue weighted by atomic mass is 19.2. The molecule has 0 aliphatic carbocycles. The molecule has 0 aromatic carbocycles. The van der Waals surface area contributed by atoms with E-state index in [1.54, 1.807) is 13.8 Å². The van der Waals surface area contributed by atoms with Crippen LogP contribution in [0.3, 0.4) is 0 Å². The molecule has 0 aromatic rings. The van der Waals surface area contributed by atoms with Crippen LogP contribution in [0.25, 0.3) is 0 Å². The zero-order valence-corrected chi connectivity index (χ0v) is 14.3. The third kappa shape index (κ3) is 4.04. The first-order valence-corrected chi connectivity index (χ1v) is 7.72. The summed E-state index contributed by atoms with van der Waals surface area (Å²) in [5, 5.41) is 12.5. The summed E-state index contributed by atoms with van der Waals surface area (Å²) in [5.41, 5.74) is 5.33. The fourth-order valence-electron chi connectivity index (χ4n) is 2.17. The first-order chi connectivity index (χ1) is 13.2. The number of nitrogens with zero attached hydrogens (tertiary/aromatic N) is 1. The molecule has 2 aliphatic heterocycles. The van der Waals surface area contributed by atoms with Gasteiger partial charge in [-0.25, -0.2) is 4.39 Å². The van der Waals surface area contributed by atoms with Gasteiger partial charge in [-0.05, 0) is 5.92 Å². The number of amides is 1. The number of ether oxygens (including phenoxy) is 2. The standard InChI is InChI=1S/C17H22FN3O5/c1-5-11-7-21(10(4)20-14(11)23)15-12(22)6-17(18,26-15)8-25-16(24)13(19)9(2)3/h1,7,9,12-13,15,22H,4,6,8,19H2,2-3H3,(H,20,23)/t12-,13+,15-,17+/m1/s1/i8D2,15D. The van der Waals surface area contributed by atoms with Gasteiger partial charge < -0.3 is 30.5 Å². The lowest BCUT2D eigenvalue weighted by molar-refractivity contribution is -0.200. The summed E-state index contributed by atoms with van der Waals surface area (Å²) in [6.07, 6.45) is 0.476. The van der Waals surface area contributed by atoms with E-state index in [1.165, 1.54) is 0 Å². The monoisotopic (exact) mass is 370 g/mol. The molecule has 0 spiro atoms. The minimum absolute atomic E-state index is 0.256. The normalized spacial score (nSPS) is 35.0. The maximum absolute atomic E-state index is 15.4. The second kappa shape index (κ2) is 7.45. The van der Waals surface area contributed by atoms with E-state index in [0.717, 1.165) is 11.1 Å². The summed E-state index contributed by atoms with van der Waals surface area (Å²) in [4.78, 5) is 24.5. The maximum Gasteiger partial charge on any atom is 0.323 e. The van der Waals surface area contributed by atoms with Crippen molar-refractivity contribution in [2.24, 2.45) is 11.7 Å². The highest BCUT2D eigenvalue weighted by molar-refractivity contribution is 5.99. The van der Waals surface area contributed by atoms with Crippen LogP contribution in [0.1, 0.15) is 24.4 Å². The molecule has 9 heteroatoms. The Morgan fingerprint density at radius 3 is 3.08 bits per heavy atom. The van der Waals surface area contributed by atoms with Gasteiger partial charge in [0.15, 0.2) is 12.8 Å². The van der Waals surface area contributed by atoms with Gasteiger partial charge in [-0.3, -0.25) is 9.59 Å². The van der Waals surface area contributed by atoms with Crippen LogP contribution in [0, 0.1) is 18.3 Å². The first-order valence-electron chi connectivity index (χ1n) is 9.22. The lowest BCUT2D eigenvalue weighted by Crippen LogP contribution is -2.47. The van der Waals surface area contributed by atoms with E-state index in [9.17, 15) is 14.7 Å².